The number of carbonyl (C=O) groups excluding carboxylic acids is 1. The monoisotopic (exact) mass is 381 g/mol. The molecule has 6 heteroatoms. The van der Waals surface area contributed by atoms with Crippen molar-refractivity contribution in [1.82, 2.24) is 4.90 Å². The van der Waals surface area contributed by atoms with E-state index in [9.17, 15) is 14.7 Å². The number of halogens is 1. The lowest BCUT2D eigenvalue weighted by Gasteiger charge is -2.42. The molecule has 23 heavy (non-hydrogen) atoms. The molecule has 124 valence electrons. The number of carboxylic acid groups (broad SMARTS) is 1. The molecule has 1 aromatic carbocycles. The number of hydrogen-bond donors (Lipinski definition) is 1. The minimum atomic E-state index is -1.01. The van der Waals surface area contributed by atoms with Gasteiger partial charge in [-0.15, -0.1) is 0 Å². The Kier molecular flexibility index (Phi) is 4.47. The van der Waals surface area contributed by atoms with Gasteiger partial charge in [-0.25, -0.2) is 4.79 Å². The van der Waals surface area contributed by atoms with Crippen molar-refractivity contribution >= 4 is 27.8 Å². The van der Waals surface area contributed by atoms with Gasteiger partial charge in [0.05, 0.1) is 6.61 Å². The van der Waals surface area contributed by atoms with Gasteiger partial charge in [-0.3, -0.25) is 9.69 Å². The quantitative estimate of drug-likeness (QED) is 0.853. The number of amides is 1. The predicted molar refractivity (Wildman–Crippen MR) is 88.1 cm³/mol. The van der Waals surface area contributed by atoms with E-state index in [1.54, 1.807) is 18.2 Å². The summed E-state index contributed by atoms with van der Waals surface area (Å²) in [5.74, 6) is -0.703. The smallest absolute Gasteiger partial charge is 0.328 e. The summed E-state index contributed by atoms with van der Waals surface area (Å²) in [7, 11) is 0. The highest BCUT2D eigenvalue weighted by Crippen LogP contribution is 2.43. The van der Waals surface area contributed by atoms with Crippen molar-refractivity contribution < 1.29 is 19.4 Å². The number of benzene rings is 1. The van der Waals surface area contributed by atoms with Gasteiger partial charge in [0.25, 0.3) is 5.91 Å². The summed E-state index contributed by atoms with van der Waals surface area (Å²) in [6, 6.07) is 6.13. The highest BCUT2D eigenvalue weighted by molar-refractivity contribution is 9.10. The maximum atomic E-state index is 13.0. The zero-order chi connectivity index (χ0) is 16.6. The summed E-state index contributed by atoms with van der Waals surface area (Å²) in [6.07, 6.45) is 3.26. The van der Waals surface area contributed by atoms with Crippen LogP contribution in [-0.2, 0) is 9.53 Å². The van der Waals surface area contributed by atoms with Crippen LogP contribution in [0.1, 0.15) is 43.0 Å². The van der Waals surface area contributed by atoms with Crippen LogP contribution in [0.5, 0.6) is 0 Å². The number of ether oxygens (including phenoxy) is 1. The van der Waals surface area contributed by atoms with Gasteiger partial charge in [0.2, 0.25) is 0 Å². The number of carbonyl (C=O) groups is 2. The van der Waals surface area contributed by atoms with E-state index < -0.39 is 17.7 Å². The number of nitrogens with zero attached hydrogens (tertiary/aromatic N) is 1. The van der Waals surface area contributed by atoms with Crippen LogP contribution in [0.25, 0.3) is 0 Å². The fourth-order valence-corrected chi connectivity index (χ4v) is 3.93. The van der Waals surface area contributed by atoms with Crippen molar-refractivity contribution in [3.63, 3.8) is 0 Å². The fourth-order valence-electron chi connectivity index (χ4n) is 3.53. The lowest BCUT2D eigenvalue weighted by Crippen LogP contribution is -2.55. The van der Waals surface area contributed by atoms with E-state index in [0.29, 0.717) is 24.3 Å². The third-order valence-electron chi connectivity index (χ3n) is 4.89. The van der Waals surface area contributed by atoms with E-state index in [1.807, 2.05) is 6.07 Å². The molecular weight excluding hydrogens is 362 g/mol. The van der Waals surface area contributed by atoms with Crippen molar-refractivity contribution in [3.8, 4) is 0 Å². The average Bonchev–Trinajstić information content (AvgIpc) is 2.89. The first-order chi connectivity index (χ1) is 10.9. The molecule has 3 rings (SSSR count). The van der Waals surface area contributed by atoms with Gasteiger partial charge in [0, 0.05) is 10.0 Å². The molecule has 0 bridgehead atoms. The van der Waals surface area contributed by atoms with Gasteiger partial charge in [-0.1, -0.05) is 28.9 Å². The summed E-state index contributed by atoms with van der Waals surface area (Å²) in [5, 5.41) is 9.52. The molecule has 0 aromatic heterocycles. The van der Waals surface area contributed by atoms with E-state index in [1.165, 1.54) is 4.90 Å². The van der Waals surface area contributed by atoms with Gasteiger partial charge in [-0.05, 0) is 49.8 Å². The molecule has 1 saturated carbocycles. The molecule has 1 amide bonds. The lowest BCUT2D eigenvalue weighted by atomic mass is 9.83. The highest BCUT2D eigenvalue weighted by Gasteiger charge is 2.53. The van der Waals surface area contributed by atoms with Gasteiger partial charge in [0.15, 0.2) is 6.04 Å². The number of carboxylic acids is 1. The number of aliphatic carboxylic acids is 1. The number of hydrogen-bond acceptors (Lipinski definition) is 3. The second kappa shape index (κ2) is 6.24. The standard InChI is InChI=1S/C17H20BrNO4/c1-11-5-7-17(8-6-11)19(14(10-23-17)16(21)22)15(20)12-3-2-4-13(18)9-12/h2-4,9,11,14H,5-8,10H2,1H3,(H,21,22). The third-order valence-corrected chi connectivity index (χ3v) is 5.38. The first-order valence-electron chi connectivity index (χ1n) is 7.89. The van der Waals surface area contributed by atoms with Crippen molar-refractivity contribution in [2.75, 3.05) is 6.61 Å². The zero-order valence-electron chi connectivity index (χ0n) is 13.0. The van der Waals surface area contributed by atoms with Crippen molar-refractivity contribution in [2.24, 2.45) is 5.92 Å². The Morgan fingerprint density at radius 1 is 1.35 bits per heavy atom. The molecule has 1 aliphatic carbocycles. The molecule has 1 aromatic rings. The summed E-state index contributed by atoms with van der Waals surface area (Å²) < 4.78 is 6.69. The fraction of sp³-hybridized carbons (Fsp3) is 0.529. The maximum Gasteiger partial charge on any atom is 0.328 e. The molecule has 1 heterocycles. The van der Waals surface area contributed by atoms with Gasteiger partial charge in [-0.2, -0.15) is 0 Å². The topological polar surface area (TPSA) is 66.8 Å². The van der Waals surface area contributed by atoms with E-state index in [4.69, 9.17) is 4.74 Å². The van der Waals surface area contributed by atoms with Crippen LogP contribution >= 0.6 is 15.9 Å². The first-order valence-corrected chi connectivity index (χ1v) is 8.68. The predicted octanol–water partition coefficient (Wildman–Crippen LogP) is 3.28. The van der Waals surface area contributed by atoms with Crippen LogP contribution in [-0.4, -0.2) is 40.3 Å². The molecule has 1 unspecified atom stereocenters. The molecule has 1 spiro atoms. The molecule has 1 N–H and O–H groups in total. The highest BCUT2D eigenvalue weighted by atomic mass is 79.9. The van der Waals surface area contributed by atoms with Crippen molar-refractivity contribution in [1.29, 1.82) is 0 Å². The Labute approximate surface area is 143 Å². The Balaban J connectivity index is 1.96. The second-order valence-corrected chi connectivity index (χ2v) is 7.39. The van der Waals surface area contributed by atoms with Crippen molar-refractivity contribution in [2.45, 2.75) is 44.4 Å². The van der Waals surface area contributed by atoms with E-state index in [-0.39, 0.29) is 12.5 Å². The van der Waals surface area contributed by atoms with Gasteiger partial charge in [0.1, 0.15) is 5.72 Å². The summed E-state index contributed by atoms with van der Waals surface area (Å²) in [4.78, 5) is 26.1. The molecular formula is C17H20BrNO4. The summed E-state index contributed by atoms with van der Waals surface area (Å²) >= 11 is 3.36. The van der Waals surface area contributed by atoms with Crippen LogP contribution < -0.4 is 0 Å². The van der Waals surface area contributed by atoms with Crippen LogP contribution in [0.4, 0.5) is 0 Å². The molecule has 1 saturated heterocycles. The Morgan fingerprint density at radius 3 is 2.65 bits per heavy atom. The molecule has 1 atom stereocenters. The zero-order valence-corrected chi connectivity index (χ0v) is 14.6. The molecule has 2 aliphatic rings. The largest absolute Gasteiger partial charge is 0.480 e. The van der Waals surface area contributed by atoms with E-state index in [2.05, 4.69) is 22.9 Å². The number of rotatable bonds is 2. The first kappa shape index (κ1) is 16.5. The van der Waals surface area contributed by atoms with Gasteiger partial charge >= 0.3 is 5.97 Å². The Hall–Kier alpha value is -1.40. The summed E-state index contributed by atoms with van der Waals surface area (Å²) in [6.45, 7) is 2.24. The molecule has 1 aliphatic heterocycles. The Bertz CT molecular complexity index is 625. The SMILES string of the molecule is CC1CCC2(CC1)OCC(C(=O)O)N2C(=O)c1cccc(Br)c1. The Morgan fingerprint density at radius 2 is 2.04 bits per heavy atom. The minimum Gasteiger partial charge on any atom is -0.480 e. The average molecular weight is 382 g/mol. The van der Waals surface area contributed by atoms with Crippen LogP contribution in [0.15, 0.2) is 28.7 Å². The van der Waals surface area contributed by atoms with Crippen LogP contribution in [0, 0.1) is 5.92 Å². The van der Waals surface area contributed by atoms with E-state index >= 15 is 0 Å². The molecule has 5 nitrogen and oxygen atoms in total. The second-order valence-electron chi connectivity index (χ2n) is 6.48. The molecule has 0 radical (unpaired) electrons. The van der Waals surface area contributed by atoms with E-state index in [0.717, 1.165) is 17.3 Å². The summed E-state index contributed by atoms with van der Waals surface area (Å²) in [5.41, 5.74) is -0.288. The third kappa shape index (κ3) is 3.02. The molecule has 2 fully saturated rings. The maximum absolute atomic E-state index is 13.0. The lowest BCUT2D eigenvalue weighted by molar-refractivity contribution is -0.143. The van der Waals surface area contributed by atoms with Crippen LogP contribution in [0.3, 0.4) is 0 Å². The minimum absolute atomic E-state index is 0.0590. The van der Waals surface area contributed by atoms with Gasteiger partial charge < -0.3 is 9.84 Å². The van der Waals surface area contributed by atoms with Crippen LogP contribution in [0.2, 0.25) is 0 Å². The normalized spacial score (nSPS) is 30.6. The van der Waals surface area contributed by atoms with Crippen molar-refractivity contribution in [3.05, 3.63) is 34.3 Å².